The van der Waals surface area contributed by atoms with E-state index in [1.165, 1.54) is 57.8 Å². The summed E-state index contributed by atoms with van der Waals surface area (Å²) in [5.41, 5.74) is 1.15. The molecule has 0 spiro atoms. The zero-order valence-electron chi connectivity index (χ0n) is 13.4. The monoisotopic (exact) mass is 291 g/mol. The largest absolute Gasteiger partial charge is 0.272 e. The third-order valence-corrected chi connectivity index (χ3v) is 3.99. The molecule has 0 aliphatic carbocycles. The van der Waals surface area contributed by atoms with E-state index in [2.05, 4.69) is 6.92 Å². The SMILES string of the molecule is CCCCCCCCCCCCc1ccccc1[N+](=O)[O-]. The highest BCUT2D eigenvalue weighted by molar-refractivity contribution is 5.39. The fourth-order valence-corrected chi connectivity index (χ4v) is 2.70. The van der Waals surface area contributed by atoms with E-state index in [0.29, 0.717) is 0 Å². The summed E-state index contributed by atoms with van der Waals surface area (Å²) in [7, 11) is 0. The van der Waals surface area contributed by atoms with Gasteiger partial charge in [-0.1, -0.05) is 82.9 Å². The van der Waals surface area contributed by atoms with Crippen molar-refractivity contribution in [1.82, 2.24) is 0 Å². The summed E-state index contributed by atoms with van der Waals surface area (Å²) >= 11 is 0. The highest BCUT2D eigenvalue weighted by Gasteiger charge is 2.11. The van der Waals surface area contributed by atoms with Gasteiger partial charge < -0.3 is 0 Å². The molecule has 1 aromatic rings. The quantitative estimate of drug-likeness (QED) is 0.267. The van der Waals surface area contributed by atoms with Gasteiger partial charge in [-0.2, -0.15) is 0 Å². The Balaban J connectivity index is 2.06. The predicted molar refractivity (Wildman–Crippen MR) is 88.6 cm³/mol. The molecule has 0 radical (unpaired) electrons. The van der Waals surface area contributed by atoms with Crippen molar-refractivity contribution in [1.29, 1.82) is 0 Å². The van der Waals surface area contributed by atoms with Crippen LogP contribution in [0.25, 0.3) is 0 Å². The van der Waals surface area contributed by atoms with Crippen molar-refractivity contribution in [3.8, 4) is 0 Å². The normalized spacial score (nSPS) is 10.7. The van der Waals surface area contributed by atoms with Crippen LogP contribution in [0.4, 0.5) is 5.69 Å². The predicted octanol–water partition coefficient (Wildman–Crippen LogP) is 6.06. The van der Waals surface area contributed by atoms with Gasteiger partial charge in [0.1, 0.15) is 0 Å². The Kier molecular flexibility index (Phi) is 9.51. The average Bonchev–Trinajstić information content (AvgIpc) is 2.49. The summed E-state index contributed by atoms with van der Waals surface area (Å²) in [5, 5.41) is 10.9. The molecule has 0 unspecified atom stereocenters. The van der Waals surface area contributed by atoms with Crippen LogP contribution in [-0.4, -0.2) is 4.92 Å². The number of nitro groups is 1. The zero-order valence-corrected chi connectivity index (χ0v) is 13.4. The molecular formula is C18H29NO2. The summed E-state index contributed by atoms with van der Waals surface area (Å²) in [5.74, 6) is 0. The first-order chi connectivity index (χ1) is 10.3. The van der Waals surface area contributed by atoms with Crippen LogP contribution in [0.15, 0.2) is 24.3 Å². The molecule has 0 aliphatic rings. The third kappa shape index (κ3) is 7.84. The van der Waals surface area contributed by atoms with E-state index < -0.39 is 0 Å². The topological polar surface area (TPSA) is 43.1 Å². The minimum atomic E-state index is -0.272. The van der Waals surface area contributed by atoms with Crippen molar-refractivity contribution in [3.05, 3.63) is 39.9 Å². The van der Waals surface area contributed by atoms with Crippen LogP contribution in [0, 0.1) is 10.1 Å². The molecular weight excluding hydrogens is 262 g/mol. The van der Waals surface area contributed by atoms with E-state index in [-0.39, 0.29) is 10.6 Å². The van der Waals surface area contributed by atoms with Gasteiger partial charge in [-0.3, -0.25) is 10.1 Å². The van der Waals surface area contributed by atoms with Crippen molar-refractivity contribution >= 4 is 5.69 Å². The molecule has 0 bridgehead atoms. The number of aryl methyl sites for hydroxylation is 1. The van der Waals surface area contributed by atoms with E-state index >= 15 is 0 Å². The van der Waals surface area contributed by atoms with Crippen LogP contribution >= 0.6 is 0 Å². The van der Waals surface area contributed by atoms with Crippen LogP contribution in [-0.2, 0) is 6.42 Å². The molecule has 0 amide bonds. The molecule has 1 aromatic carbocycles. The maximum Gasteiger partial charge on any atom is 0.272 e. The van der Waals surface area contributed by atoms with Gasteiger partial charge in [0.25, 0.3) is 5.69 Å². The van der Waals surface area contributed by atoms with E-state index in [0.717, 1.165) is 18.4 Å². The van der Waals surface area contributed by atoms with E-state index in [4.69, 9.17) is 0 Å². The Morgan fingerprint density at radius 3 is 1.95 bits per heavy atom. The van der Waals surface area contributed by atoms with Gasteiger partial charge in [0, 0.05) is 11.6 Å². The van der Waals surface area contributed by atoms with Gasteiger partial charge in [-0.15, -0.1) is 0 Å². The summed E-state index contributed by atoms with van der Waals surface area (Å²) in [6.45, 7) is 2.25. The lowest BCUT2D eigenvalue weighted by Gasteiger charge is -2.04. The van der Waals surface area contributed by atoms with Crippen LogP contribution in [0.2, 0.25) is 0 Å². The number of nitro benzene ring substituents is 1. The molecule has 0 saturated heterocycles. The Bertz CT molecular complexity index is 404. The molecule has 0 atom stereocenters. The number of unbranched alkanes of at least 4 members (excludes halogenated alkanes) is 9. The van der Waals surface area contributed by atoms with Crippen LogP contribution in [0.5, 0.6) is 0 Å². The molecule has 0 saturated carbocycles. The Hall–Kier alpha value is -1.38. The first-order valence-electron chi connectivity index (χ1n) is 8.48. The molecule has 0 N–H and O–H groups in total. The fraction of sp³-hybridized carbons (Fsp3) is 0.667. The smallest absolute Gasteiger partial charge is 0.258 e. The Morgan fingerprint density at radius 2 is 1.38 bits per heavy atom. The molecule has 0 heterocycles. The van der Waals surface area contributed by atoms with Crippen molar-refractivity contribution in [2.24, 2.45) is 0 Å². The maximum absolute atomic E-state index is 10.9. The lowest BCUT2D eigenvalue weighted by molar-refractivity contribution is -0.385. The number of benzene rings is 1. The highest BCUT2D eigenvalue weighted by atomic mass is 16.6. The second-order valence-electron chi connectivity index (χ2n) is 5.82. The van der Waals surface area contributed by atoms with Gasteiger partial charge in [0.2, 0.25) is 0 Å². The summed E-state index contributed by atoms with van der Waals surface area (Å²) in [6.07, 6.45) is 13.8. The minimum Gasteiger partial charge on any atom is -0.258 e. The first-order valence-corrected chi connectivity index (χ1v) is 8.48. The standard InChI is InChI=1S/C18H29NO2/c1-2-3-4-5-6-7-8-9-10-11-14-17-15-12-13-16-18(17)19(20)21/h12-13,15-16H,2-11,14H2,1H3. The maximum atomic E-state index is 10.9. The van der Waals surface area contributed by atoms with Gasteiger partial charge in [-0.25, -0.2) is 0 Å². The zero-order chi connectivity index (χ0) is 15.3. The molecule has 0 fully saturated rings. The van der Waals surface area contributed by atoms with Crippen LogP contribution in [0.3, 0.4) is 0 Å². The highest BCUT2D eigenvalue weighted by Crippen LogP contribution is 2.20. The van der Waals surface area contributed by atoms with Crippen molar-refractivity contribution in [3.63, 3.8) is 0 Å². The van der Waals surface area contributed by atoms with E-state index in [9.17, 15) is 10.1 Å². The first kappa shape index (κ1) is 17.7. The summed E-state index contributed by atoms with van der Waals surface area (Å²) in [4.78, 5) is 10.6. The van der Waals surface area contributed by atoms with Crippen molar-refractivity contribution in [2.45, 2.75) is 77.6 Å². The number of rotatable bonds is 12. The summed E-state index contributed by atoms with van der Waals surface area (Å²) in [6, 6.07) is 7.11. The van der Waals surface area contributed by atoms with E-state index in [1.54, 1.807) is 12.1 Å². The fourth-order valence-electron chi connectivity index (χ4n) is 2.70. The van der Waals surface area contributed by atoms with Crippen molar-refractivity contribution in [2.75, 3.05) is 0 Å². The van der Waals surface area contributed by atoms with Crippen LogP contribution < -0.4 is 0 Å². The number of para-hydroxylation sites is 1. The van der Waals surface area contributed by atoms with Crippen molar-refractivity contribution < 1.29 is 4.92 Å². The lowest BCUT2D eigenvalue weighted by Crippen LogP contribution is -1.95. The lowest BCUT2D eigenvalue weighted by atomic mass is 10.0. The second-order valence-corrected chi connectivity index (χ2v) is 5.82. The molecule has 0 aromatic heterocycles. The Morgan fingerprint density at radius 1 is 0.857 bits per heavy atom. The average molecular weight is 291 g/mol. The number of hydrogen-bond donors (Lipinski definition) is 0. The molecule has 118 valence electrons. The molecule has 0 aliphatic heterocycles. The number of nitrogens with zero attached hydrogens (tertiary/aromatic N) is 1. The van der Waals surface area contributed by atoms with Gasteiger partial charge >= 0.3 is 0 Å². The summed E-state index contributed by atoms with van der Waals surface area (Å²) < 4.78 is 0. The van der Waals surface area contributed by atoms with Gasteiger partial charge in [0.05, 0.1) is 4.92 Å². The Labute approximate surface area is 128 Å². The van der Waals surface area contributed by atoms with Gasteiger partial charge in [0.15, 0.2) is 0 Å². The molecule has 3 nitrogen and oxygen atoms in total. The number of hydrogen-bond acceptors (Lipinski definition) is 2. The van der Waals surface area contributed by atoms with E-state index in [1.807, 2.05) is 12.1 Å². The second kappa shape index (κ2) is 11.3. The van der Waals surface area contributed by atoms with Gasteiger partial charge in [-0.05, 0) is 12.8 Å². The molecule has 21 heavy (non-hydrogen) atoms. The third-order valence-electron chi connectivity index (χ3n) is 3.99. The molecule has 3 heteroatoms. The van der Waals surface area contributed by atoms with Crippen LogP contribution in [0.1, 0.15) is 76.7 Å². The molecule has 1 rings (SSSR count). The minimum absolute atomic E-state index is 0.272.